The SMILES string of the molecule is N=C(N)S(=O)Cc1ccc([N+](=O)[O-])cc1. The van der Waals surface area contributed by atoms with Crippen LogP contribution in [0.25, 0.3) is 0 Å². The Morgan fingerprint density at radius 2 is 2.00 bits per heavy atom. The molecule has 0 spiro atoms. The first-order chi connectivity index (χ1) is 7.00. The van der Waals surface area contributed by atoms with Gasteiger partial charge in [-0.3, -0.25) is 19.7 Å². The number of non-ortho nitro benzene ring substituents is 1. The molecule has 0 radical (unpaired) electrons. The number of nitro benzene ring substituents is 1. The van der Waals surface area contributed by atoms with Crippen LogP contribution in [0.15, 0.2) is 24.3 Å². The molecule has 7 heteroatoms. The Hall–Kier alpha value is -1.76. The maximum absolute atomic E-state index is 11.2. The van der Waals surface area contributed by atoms with E-state index in [-0.39, 0.29) is 11.4 Å². The molecule has 0 heterocycles. The van der Waals surface area contributed by atoms with Crippen molar-refractivity contribution in [3.63, 3.8) is 0 Å². The lowest BCUT2D eigenvalue weighted by Crippen LogP contribution is -2.17. The third kappa shape index (κ3) is 3.13. The second-order valence-corrected chi connectivity index (χ2v) is 4.20. The van der Waals surface area contributed by atoms with Crippen molar-refractivity contribution in [3.8, 4) is 0 Å². The fraction of sp³-hybridized carbons (Fsp3) is 0.125. The Morgan fingerprint density at radius 3 is 2.40 bits per heavy atom. The van der Waals surface area contributed by atoms with Crippen molar-refractivity contribution < 1.29 is 9.13 Å². The monoisotopic (exact) mass is 227 g/mol. The van der Waals surface area contributed by atoms with Crippen LogP contribution < -0.4 is 5.73 Å². The largest absolute Gasteiger partial charge is 0.377 e. The summed E-state index contributed by atoms with van der Waals surface area (Å²) in [7, 11) is -1.55. The predicted octanol–water partition coefficient (Wildman–Crippen LogP) is 0.737. The van der Waals surface area contributed by atoms with Gasteiger partial charge in [-0.2, -0.15) is 0 Å². The van der Waals surface area contributed by atoms with Gasteiger partial charge in [-0.05, 0) is 5.56 Å². The number of benzene rings is 1. The highest BCUT2D eigenvalue weighted by Gasteiger charge is 2.07. The van der Waals surface area contributed by atoms with Gasteiger partial charge < -0.3 is 5.73 Å². The van der Waals surface area contributed by atoms with Gasteiger partial charge in [0.2, 0.25) is 0 Å². The van der Waals surface area contributed by atoms with Crippen molar-refractivity contribution in [2.24, 2.45) is 5.73 Å². The summed E-state index contributed by atoms with van der Waals surface area (Å²) in [5, 5.41) is 16.9. The molecule has 0 aliphatic carbocycles. The van der Waals surface area contributed by atoms with Gasteiger partial charge >= 0.3 is 0 Å². The molecule has 0 bridgehead atoms. The first-order valence-corrected chi connectivity index (χ1v) is 5.28. The molecule has 0 aliphatic rings. The molecule has 0 aliphatic heterocycles. The summed E-state index contributed by atoms with van der Waals surface area (Å²) in [6, 6.07) is 5.65. The summed E-state index contributed by atoms with van der Waals surface area (Å²) in [4.78, 5) is 9.83. The first kappa shape index (κ1) is 11.3. The third-order valence-corrected chi connectivity index (χ3v) is 2.78. The molecule has 1 atom stereocenters. The Bertz CT molecular complexity index is 416. The molecule has 1 aromatic rings. The van der Waals surface area contributed by atoms with Crippen LogP contribution in [0.4, 0.5) is 5.69 Å². The van der Waals surface area contributed by atoms with Crippen LogP contribution in [-0.2, 0) is 16.6 Å². The zero-order chi connectivity index (χ0) is 11.4. The fourth-order valence-electron chi connectivity index (χ4n) is 0.943. The summed E-state index contributed by atoms with van der Waals surface area (Å²) in [6.45, 7) is 0. The Kier molecular flexibility index (Phi) is 3.51. The van der Waals surface area contributed by atoms with E-state index in [2.05, 4.69) is 0 Å². The molecular weight excluding hydrogens is 218 g/mol. The zero-order valence-corrected chi connectivity index (χ0v) is 8.49. The van der Waals surface area contributed by atoms with Crippen LogP contribution in [0.5, 0.6) is 0 Å². The van der Waals surface area contributed by atoms with Gasteiger partial charge in [0.15, 0.2) is 5.17 Å². The van der Waals surface area contributed by atoms with Crippen LogP contribution >= 0.6 is 0 Å². The molecule has 0 aromatic heterocycles. The summed E-state index contributed by atoms with van der Waals surface area (Å²) in [6.07, 6.45) is 0. The number of nitrogens with zero attached hydrogens (tertiary/aromatic N) is 1. The minimum Gasteiger partial charge on any atom is -0.377 e. The quantitative estimate of drug-likeness (QED) is 0.343. The van der Waals surface area contributed by atoms with Crippen LogP contribution in [0.3, 0.4) is 0 Å². The molecule has 0 fully saturated rings. The number of nitrogens with one attached hydrogen (secondary N) is 1. The van der Waals surface area contributed by atoms with E-state index in [1.807, 2.05) is 0 Å². The minimum absolute atomic E-state index is 0.0210. The minimum atomic E-state index is -1.55. The smallest absolute Gasteiger partial charge is 0.269 e. The normalized spacial score (nSPS) is 12.0. The zero-order valence-electron chi connectivity index (χ0n) is 7.67. The fourth-order valence-corrected chi connectivity index (χ4v) is 1.59. The molecule has 6 nitrogen and oxygen atoms in total. The van der Waals surface area contributed by atoms with E-state index in [1.54, 1.807) is 0 Å². The Morgan fingerprint density at radius 1 is 1.47 bits per heavy atom. The highest BCUT2D eigenvalue weighted by Crippen LogP contribution is 2.12. The van der Waals surface area contributed by atoms with Gasteiger partial charge in [-0.25, -0.2) is 0 Å². The number of rotatable bonds is 3. The van der Waals surface area contributed by atoms with E-state index in [9.17, 15) is 14.3 Å². The summed E-state index contributed by atoms with van der Waals surface area (Å²) in [5.74, 6) is 0.104. The second-order valence-electron chi connectivity index (χ2n) is 2.78. The number of hydrogen-bond donors (Lipinski definition) is 2. The van der Waals surface area contributed by atoms with Crippen LogP contribution in [-0.4, -0.2) is 14.3 Å². The maximum atomic E-state index is 11.2. The summed E-state index contributed by atoms with van der Waals surface area (Å²) >= 11 is 0. The standard InChI is InChI=1S/C8H9N3O3S/c9-8(10)15(14)5-6-1-3-7(4-2-6)11(12)13/h1-4H,5H2,(H3,9,10). The molecular formula is C8H9N3O3S. The number of nitrogens with two attached hydrogens (primary N) is 1. The molecule has 0 saturated heterocycles. The molecule has 0 saturated carbocycles. The van der Waals surface area contributed by atoms with Crippen molar-refractivity contribution in [3.05, 3.63) is 39.9 Å². The molecule has 1 aromatic carbocycles. The van der Waals surface area contributed by atoms with Crippen molar-refractivity contribution in [2.75, 3.05) is 0 Å². The number of nitro groups is 1. The number of amidine groups is 1. The molecule has 15 heavy (non-hydrogen) atoms. The van der Waals surface area contributed by atoms with Gasteiger partial charge in [-0.1, -0.05) is 12.1 Å². The van der Waals surface area contributed by atoms with Crippen molar-refractivity contribution in [1.82, 2.24) is 0 Å². The molecule has 3 N–H and O–H groups in total. The second kappa shape index (κ2) is 4.65. The van der Waals surface area contributed by atoms with E-state index >= 15 is 0 Å². The van der Waals surface area contributed by atoms with Crippen molar-refractivity contribution >= 4 is 21.7 Å². The molecule has 1 unspecified atom stereocenters. The Labute approximate surface area is 88.2 Å². The molecule has 80 valence electrons. The van der Waals surface area contributed by atoms with Gasteiger partial charge in [0.1, 0.15) is 0 Å². The number of hydrogen-bond acceptors (Lipinski definition) is 4. The average Bonchev–Trinajstić information content (AvgIpc) is 2.18. The lowest BCUT2D eigenvalue weighted by atomic mass is 10.2. The third-order valence-electron chi connectivity index (χ3n) is 1.69. The lowest BCUT2D eigenvalue weighted by Gasteiger charge is -1.99. The van der Waals surface area contributed by atoms with Gasteiger partial charge in [0.05, 0.1) is 21.5 Å². The van der Waals surface area contributed by atoms with Gasteiger partial charge in [-0.15, -0.1) is 0 Å². The van der Waals surface area contributed by atoms with Gasteiger partial charge in [0, 0.05) is 12.1 Å². The maximum Gasteiger partial charge on any atom is 0.269 e. The van der Waals surface area contributed by atoms with E-state index < -0.39 is 20.9 Å². The van der Waals surface area contributed by atoms with E-state index in [1.165, 1.54) is 24.3 Å². The van der Waals surface area contributed by atoms with E-state index in [0.29, 0.717) is 5.56 Å². The highest BCUT2D eigenvalue weighted by atomic mass is 32.2. The summed E-state index contributed by atoms with van der Waals surface area (Å²) in [5.41, 5.74) is 5.66. The predicted molar refractivity (Wildman–Crippen MR) is 56.9 cm³/mol. The highest BCUT2D eigenvalue weighted by molar-refractivity contribution is 7.99. The Balaban J connectivity index is 2.77. The van der Waals surface area contributed by atoms with Crippen molar-refractivity contribution in [1.29, 1.82) is 5.41 Å². The summed E-state index contributed by atoms with van der Waals surface area (Å²) < 4.78 is 11.2. The van der Waals surface area contributed by atoms with Crippen LogP contribution in [0.1, 0.15) is 5.56 Å². The molecule has 0 amide bonds. The van der Waals surface area contributed by atoms with Crippen molar-refractivity contribution in [2.45, 2.75) is 5.75 Å². The van der Waals surface area contributed by atoms with Crippen LogP contribution in [0.2, 0.25) is 0 Å². The van der Waals surface area contributed by atoms with Gasteiger partial charge in [0.25, 0.3) is 5.69 Å². The van der Waals surface area contributed by atoms with E-state index in [0.717, 1.165) is 0 Å². The van der Waals surface area contributed by atoms with E-state index in [4.69, 9.17) is 11.1 Å². The average molecular weight is 227 g/mol. The first-order valence-electron chi connectivity index (χ1n) is 3.96. The topological polar surface area (TPSA) is 110 Å². The van der Waals surface area contributed by atoms with Crippen LogP contribution in [0, 0.1) is 15.5 Å². The molecule has 1 rings (SSSR count). The lowest BCUT2D eigenvalue weighted by molar-refractivity contribution is -0.384.